The molecule has 0 atom stereocenters. The van der Waals surface area contributed by atoms with Gasteiger partial charge in [0.05, 0.1) is 5.52 Å². The summed E-state index contributed by atoms with van der Waals surface area (Å²) in [6, 6.07) is 19.6. The zero-order valence-electron chi connectivity index (χ0n) is 11.7. The molecule has 5 rings (SSSR count). The van der Waals surface area contributed by atoms with Crippen molar-refractivity contribution in [2.24, 2.45) is 0 Å². The Morgan fingerprint density at radius 1 is 0.667 bits per heavy atom. The van der Waals surface area contributed by atoms with Gasteiger partial charge in [-0.2, -0.15) is 0 Å². The van der Waals surface area contributed by atoms with Crippen LogP contribution in [0.1, 0.15) is 5.56 Å². The Morgan fingerprint density at radius 3 is 2.19 bits per heavy atom. The molecule has 0 amide bonds. The number of hydrogen-bond acceptors (Lipinski definition) is 1. The van der Waals surface area contributed by atoms with Gasteiger partial charge in [0, 0.05) is 17.0 Å². The molecule has 0 fully saturated rings. The van der Waals surface area contributed by atoms with Gasteiger partial charge in [-0.3, -0.25) is 4.98 Å². The van der Waals surface area contributed by atoms with E-state index >= 15 is 0 Å². The number of benzene rings is 4. The predicted molar refractivity (Wildman–Crippen MR) is 90.2 cm³/mol. The summed E-state index contributed by atoms with van der Waals surface area (Å²) in [5.74, 6) is 0. The van der Waals surface area contributed by atoms with Crippen molar-refractivity contribution < 1.29 is 0 Å². The number of rotatable bonds is 0. The maximum atomic E-state index is 4.72. The molecule has 5 aromatic rings. The molecule has 0 aliphatic carbocycles. The highest BCUT2D eigenvalue weighted by Gasteiger charge is 2.14. The lowest BCUT2D eigenvalue weighted by atomic mass is 9.90. The average molecular weight is 267 g/mol. The highest BCUT2D eigenvalue weighted by molar-refractivity contribution is 6.32. The largest absolute Gasteiger partial charge is 0.256 e. The van der Waals surface area contributed by atoms with E-state index in [1.165, 1.54) is 43.3 Å². The van der Waals surface area contributed by atoms with Crippen molar-refractivity contribution in [2.75, 3.05) is 0 Å². The lowest BCUT2D eigenvalue weighted by Crippen LogP contribution is -1.90. The zero-order valence-corrected chi connectivity index (χ0v) is 11.7. The van der Waals surface area contributed by atoms with Crippen LogP contribution in [0.4, 0.5) is 0 Å². The third-order valence-corrected chi connectivity index (χ3v) is 4.57. The molecule has 0 radical (unpaired) electrons. The van der Waals surface area contributed by atoms with Crippen molar-refractivity contribution >= 4 is 43.2 Å². The van der Waals surface area contributed by atoms with Crippen molar-refractivity contribution in [1.82, 2.24) is 4.98 Å². The van der Waals surface area contributed by atoms with E-state index in [4.69, 9.17) is 4.98 Å². The molecule has 1 nitrogen and oxygen atoms in total. The molecule has 0 saturated carbocycles. The number of hydrogen-bond donors (Lipinski definition) is 0. The Kier molecular flexibility index (Phi) is 1.95. The monoisotopic (exact) mass is 267 g/mol. The van der Waals surface area contributed by atoms with E-state index in [1.807, 2.05) is 6.20 Å². The highest BCUT2D eigenvalue weighted by atomic mass is 14.7. The van der Waals surface area contributed by atoms with Gasteiger partial charge < -0.3 is 0 Å². The van der Waals surface area contributed by atoms with Gasteiger partial charge in [-0.25, -0.2) is 0 Å². The fourth-order valence-electron chi connectivity index (χ4n) is 3.66. The lowest BCUT2D eigenvalue weighted by molar-refractivity contribution is 1.43. The first-order valence-corrected chi connectivity index (χ1v) is 7.25. The topological polar surface area (TPSA) is 12.9 Å². The number of pyridine rings is 1. The molecule has 0 saturated heterocycles. The number of fused-ring (bicyclic) bond motifs is 2. The first-order valence-electron chi connectivity index (χ1n) is 7.25. The van der Waals surface area contributed by atoms with Gasteiger partial charge in [0.1, 0.15) is 0 Å². The second-order valence-electron chi connectivity index (χ2n) is 5.72. The minimum absolute atomic E-state index is 1.13. The molecule has 0 aliphatic rings. The van der Waals surface area contributed by atoms with Gasteiger partial charge in [0.25, 0.3) is 0 Å². The van der Waals surface area contributed by atoms with Crippen molar-refractivity contribution in [2.45, 2.75) is 6.92 Å². The quantitative estimate of drug-likeness (QED) is 0.269. The van der Waals surface area contributed by atoms with Crippen LogP contribution in [-0.4, -0.2) is 4.98 Å². The summed E-state index contributed by atoms with van der Waals surface area (Å²) in [7, 11) is 0. The van der Waals surface area contributed by atoms with Gasteiger partial charge in [-0.1, -0.05) is 48.5 Å². The van der Waals surface area contributed by atoms with Crippen LogP contribution in [0.2, 0.25) is 0 Å². The van der Waals surface area contributed by atoms with Crippen LogP contribution < -0.4 is 0 Å². The summed E-state index contributed by atoms with van der Waals surface area (Å²) in [4.78, 5) is 4.72. The number of aromatic nitrogens is 1. The van der Waals surface area contributed by atoms with Gasteiger partial charge in [-0.05, 0) is 45.5 Å². The summed E-state index contributed by atoms with van der Waals surface area (Å²) in [5.41, 5.74) is 2.43. The Labute approximate surface area is 122 Å². The van der Waals surface area contributed by atoms with Crippen LogP contribution in [0.25, 0.3) is 43.2 Å². The summed E-state index contributed by atoms with van der Waals surface area (Å²) in [6.45, 7) is 2.18. The van der Waals surface area contributed by atoms with Crippen molar-refractivity contribution in [3.05, 3.63) is 66.4 Å². The SMILES string of the molecule is Cc1ccc2cccc3c4cccc5ccnc(c1c23)c54. The van der Waals surface area contributed by atoms with Crippen molar-refractivity contribution in [3.8, 4) is 0 Å². The van der Waals surface area contributed by atoms with Crippen molar-refractivity contribution in [3.63, 3.8) is 0 Å². The lowest BCUT2D eigenvalue weighted by Gasteiger charge is -2.14. The normalized spacial score (nSPS) is 12.0. The molecule has 1 heterocycles. The van der Waals surface area contributed by atoms with E-state index in [9.17, 15) is 0 Å². The molecule has 1 aromatic heterocycles. The van der Waals surface area contributed by atoms with Crippen LogP contribution in [0.3, 0.4) is 0 Å². The summed E-state index contributed by atoms with van der Waals surface area (Å²) in [6.07, 6.45) is 1.92. The van der Waals surface area contributed by atoms with E-state index < -0.39 is 0 Å². The molecule has 21 heavy (non-hydrogen) atoms. The summed E-state index contributed by atoms with van der Waals surface area (Å²) >= 11 is 0. The van der Waals surface area contributed by atoms with Crippen molar-refractivity contribution in [1.29, 1.82) is 0 Å². The molecule has 0 spiro atoms. The van der Waals surface area contributed by atoms with E-state index in [1.54, 1.807) is 0 Å². The summed E-state index contributed by atoms with van der Waals surface area (Å²) in [5, 5.41) is 9.12. The number of nitrogens with zero attached hydrogens (tertiary/aromatic N) is 1. The molecule has 1 heteroatoms. The van der Waals surface area contributed by atoms with Crippen LogP contribution in [0.5, 0.6) is 0 Å². The van der Waals surface area contributed by atoms with Gasteiger partial charge in [-0.15, -0.1) is 0 Å². The van der Waals surface area contributed by atoms with Crippen LogP contribution in [0, 0.1) is 6.92 Å². The Hall–Kier alpha value is -2.67. The molecule has 0 bridgehead atoms. The fraction of sp³-hybridized carbons (Fsp3) is 0.0500. The smallest absolute Gasteiger partial charge is 0.0795 e. The predicted octanol–water partition coefficient (Wildman–Crippen LogP) is 5.44. The van der Waals surface area contributed by atoms with Crippen LogP contribution in [-0.2, 0) is 0 Å². The summed E-state index contributed by atoms with van der Waals surface area (Å²) < 4.78 is 0. The highest BCUT2D eigenvalue weighted by Crippen LogP contribution is 2.40. The first-order chi connectivity index (χ1) is 10.3. The molecule has 0 aliphatic heterocycles. The fourth-order valence-corrected chi connectivity index (χ4v) is 3.66. The third-order valence-electron chi connectivity index (χ3n) is 4.57. The van der Waals surface area contributed by atoms with E-state index in [-0.39, 0.29) is 0 Å². The zero-order chi connectivity index (χ0) is 14.0. The van der Waals surface area contributed by atoms with E-state index in [2.05, 4.69) is 61.5 Å². The molecular weight excluding hydrogens is 254 g/mol. The minimum Gasteiger partial charge on any atom is -0.256 e. The van der Waals surface area contributed by atoms with E-state index in [0.29, 0.717) is 0 Å². The van der Waals surface area contributed by atoms with Crippen LogP contribution >= 0.6 is 0 Å². The van der Waals surface area contributed by atoms with Gasteiger partial charge >= 0.3 is 0 Å². The molecule has 0 unspecified atom stereocenters. The Morgan fingerprint density at radius 2 is 1.38 bits per heavy atom. The molecule has 4 aromatic carbocycles. The van der Waals surface area contributed by atoms with E-state index in [0.717, 1.165) is 5.52 Å². The standard InChI is InChI=1S/C20H13N/c1-12-8-9-13-4-2-6-15-16-7-3-5-14-10-11-21-20(19(14)16)17(12)18(13)15/h2-11H,1H3. The average Bonchev–Trinajstić information content (AvgIpc) is 2.53. The number of aryl methyl sites for hydroxylation is 1. The molecule has 98 valence electrons. The maximum absolute atomic E-state index is 4.72. The third kappa shape index (κ3) is 1.28. The second-order valence-corrected chi connectivity index (χ2v) is 5.72. The van der Waals surface area contributed by atoms with Gasteiger partial charge in [0.2, 0.25) is 0 Å². The maximum Gasteiger partial charge on any atom is 0.0795 e. The minimum atomic E-state index is 1.13. The Bertz CT molecular complexity index is 1130. The van der Waals surface area contributed by atoms with Crippen LogP contribution in [0.15, 0.2) is 60.8 Å². The van der Waals surface area contributed by atoms with Gasteiger partial charge in [0.15, 0.2) is 0 Å². The molecular formula is C20H13N. The second kappa shape index (κ2) is 3.70. The first kappa shape index (κ1) is 11.0. The molecule has 0 N–H and O–H groups in total. The Balaban J connectivity index is 2.32.